The molecule has 1 saturated heterocycles. The van der Waals surface area contributed by atoms with Crippen LogP contribution in [0.2, 0.25) is 0 Å². The summed E-state index contributed by atoms with van der Waals surface area (Å²) >= 11 is 3.72. The highest BCUT2D eigenvalue weighted by Crippen LogP contribution is 2.38. The smallest absolute Gasteiger partial charge is 0.150 e. The molecule has 0 radical (unpaired) electrons. The number of hydrogen-bond acceptors (Lipinski definition) is 2. The molecular weight excluding hydrogens is 264 g/mol. The van der Waals surface area contributed by atoms with E-state index in [1.165, 1.54) is 25.7 Å². The first-order valence-corrected chi connectivity index (χ1v) is 8.17. The molecule has 2 nitrogen and oxygen atoms in total. The monoisotopic (exact) mass is 280 g/mol. The fraction of sp³-hybridized carbons (Fsp3) is 1.00. The van der Waals surface area contributed by atoms with Crippen molar-refractivity contribution in [1.29, 1.82) is 0 Å². The van der Waals surface area contributed by atoms with Gasteiger partial charge in [0.25, 0.3) is 0 Å². The van der Waals surface area contributed by atoms with Crippen LogP contribution in [0.5, 0.6) is 0 Å². The molecule has 2 unspecified atom stereocenters. The van der Waals surface area contributed by atoms with Crippen LogP contribution < -0.4 is 0 Å². The maximum atomic E-state index is 11.3. The van der Waals surface area contributed by atoms with Gasteiger partial charge >= 0.3 is 0 Å². The molecule has 1 aliphatic heterocycles. The molecule has 0 bridgehead atoms. The summed E-state index contributed by atoms with van der Waals surface area (Å²) in [5.41, 5.74) is 0. The Labute approximate surface area is 94.5 Å². The molecule has 1 saturated carbocycles. The zero-order valence-electron chi connectivity index (χ0n) is 8.28. The zero-order valence-corrected chi connectivity index (χ0v) is 10.7. The first-order valence-electron chi connectivity index (χ1n) is 5.43. The first-order chi connectivity index (χ1) is 6.58. The van der Waals surface area contributed by atoms with E-state index in [1.54, 1.807) is 0 Å². The number of sulfone groups is 1. The van der Waals surface area contributed by atoms with Crippen LogP contribution in [0.4, 0.5) is 0 Å². The molecule has 0 amide bonds. The van der Waals surface area contributed by atoms with Crippen molar-refractivity contribution >= 4 is 25.8 Å². The summed E-state index contributed by atoms with van der Waals surface area (Å²) in [6, 6.07) is 0. The van der Waals surface area contributed by atoms with Crippen LogP contribution in [0.1, 0.15) is 32.1 Å². The fourth-order valence-corrected chi connectivity index (χ4v) is 5.82. The van der Waals surface area contributed by atoms with Crippen molar-refractivity contribution < 1.29 is 8.42 Å². The van der Waals surface area contributed by atoms with Crippen LogP contribution in [0, 0.1) is 11.8 Å². The topological polar surface area (TPSA) is 34.1 Å². The van der Waals surface area contributed by atoms with Crippen molar-refractivity contribution in [3.63, 3.8) is 0 Å². The molecule has 0 aromatic rings. The Balaban J connectivity index is 1.95. The van der Waals surface area contributed by atoms with Gasteiger partial charge in [-0.3, -0.25) is 0 Å². The SMILES string of the molecule is O=S1(=O)CCC(C(Br)C2CCCC2)C1. The number of halogens is 1. The highest BCUT2D eigenvalue weighted by atomic mass is 79.9. The van der Waals surface area contributed by atoms with Crippen LogP contribution in [0.25, 0.3) is 0 Å². The Hall–Kier alpha value is 0.430. The van der Waals surface area contributed by atoms with E-state index in [2.05, 4.69) is 15.9 Å². The van der Waals surface area contributed by atoms with Gasteiger partial charge in [-0.15, -0.1) is 0 Å². The summed E-state index contributed by atoms with van der Waals surface area (Å²) in [6.07, 6.45) is 6.09. The second kappa shape index (κ2) is 4.12. The predicted molar refractivity (Wildman–Crippen MR) is 61.4 cm³/mol. The van der Waals surface area contributed by atoms with E-state index < -0.39 is 9.84 Å². The molecule has 2 fully saturated rings. The third-order valence-electron chi connectivity index (χ3n) is 3.57. The molecule has 82 valence electrons. The van der Waals surface area contributed by atoms with E-state index in [1.807, 2.05) is 0 Å². The van der Waals surface area contributed by atoms with Gasteiger partial charge in [-0.05, 0) is 31.1 Å². The van der Waals surface area contributed by atoms with Gasteiger partial charge in [0.2, 0.25) is 0 Å². The summed E-state index contributed by atoms with van der Waals surface area (Å²) in [4.78, 5) is 0.447. The minimum absolute atomic E-state index is 0.378. The van der Waals surface area contributed by atoms with Crippen LogP contribution >= 0.6 is 15.9 Å². The van der Waals surface area contributed by atoms with Crippen LogP contribution in [0.3, 0.4) is 0 Å². The summed E-state index contributed by atoms with van der Waals surface area (Å²) in [5.74, 6) is 1.93. The van der Waals surface area contributed by atoms with Crippen LogP contribution in [0.15, 0.2) is 0 Å². The standard InChI is InChI=1S/C10H17BrO2S/c11-10(8-3-1-2-4-8)9-5-6-14(12,13)7-9/h8-10H,1-7H2. The van der Waals surface area contributed by atoms with Crippen molar-refractivity contribution in [3.8, 4) is 0 Å². The minimum atomic E-state index is -2.70. The normalized spacial score (nSPS) is 34.8. The lowest BCUT2D eigenvalue weighted by molar-refractivity contribution is 0.425. The van der Waals surface area contributed by atoms with Gasteiger partial charge in [-0.1, -0.05) is 28.8 Å². The summed E-state index contributed by atoms with van der Waals surface area (Å²) in [6.45, 7) is 0. The maximum Gasteiger partial charge on any atom is 0.150 e. The van der Waals surface area contributed by atoms with E-state index in [9.17, 15) is 8.42 Å². The molecule has 2 aliphatic rings. The van der Waals surface area contributed by atoms with E-state index in [4.69, 9.17) is 0 Å². The fourth-order valence-electron chi connectivity index (χ4n) is 2.74. The lowest BCUT2D eigenvalue weighted by atomic mass is 9.93. The van der Waals surface area contributed by atoms with Crippen molar-refractivity contribution in [2.24, 2.45) is 11.8 Å². The Morgan fingerprint density at radius 2 is 1.71 bits per heavy atom. The van der Waals surface area contributed by atoms with Gasteiger partial charge < -0.3 is 0 Å². The molecule has 1 heterocycles. The van der Waals surface area contributed by atoms with Crippen LogP contribution in [-0.4, -0.2) is 24.8 Å². The average molecular weight is 281 g/mol. The molecule has 4 heteroatoms. The third-order valence-corrected chi connectivity index (χ3v) is 6.86. The quantitative estimate of drug-likeness (QED) is 0.728. The first kappa shape index (κ1) is 10.9. The Kier molecular flexibility index (Phi) is 3.22. The summed E-state index contributed by atoms with van der Waals surface area (Å²) < 4.78 is 22.7. The molecule has 0 N–H and O–H groups in total. The molecule has 2 atom stereocenters. The van der Waals surface area contributed by atoms with E-state index >= 15 is 0 Å². The summed E-state index contributed by atoms with van der Waals surface area (Å²) in [5, 5.41) is 0. The third kappa shape index (κ3) is 2.32. The van der Waals surface area contributed by atoms with Gasteiger partial charge in [-0.25, -0.2) is 8.42 Å². The number of alkyl halides is 1. The lowest BCUT2D eigenvalue weighted by Gasteiger charge is -2.22. The molecule has 2 rings (SSSR count). The lowest BCUT2D eigenvalue weighted by Crippen LogP contribution is -2.23. The van der Waals surface area contributed by atoms with Gasteiger partial charge in [0.1, 0.15) is 0 Å². The molecule has 14 heavy (non-hydrogen) atoms. The molecule has 0 aromatic heterocycles. The highest BCUT2D eigenvalue weighted by molar-refractivity contribution is 9.09. The van der Waals surface area contributed by atoms with E-state index in [0.717, 1.165) is 12.3 Å². The Morgan fingerprint density at radius 3 is 2.21 bits per heavy atom. The van der Waals surface area contributed by atoms with Gasteiger partial charge in [0.05, 0.1) is 11.5 Å². The van der Waals surface area contributed by atoms with E-state index in [-0.39, 0.29) is 0 Å². The van der Waals surface area contributed by atoms with Crippen molar-refractivity contribution in [3.05, 3.63) is 0 Å². The second-order valence-electron chi connectivity index (χ2n) is 4.65. The maximum absolute atomic E-state index is 11.3. The van der Waals surface area contributed by atoms with Gasteiger partial charge in [0, 0.05) is 4.83 Å². The zero-order chi connectivity index (χ0) is 10.2. The number of hydrogen-bond donors (Lipinski definition) is 0. The summed E-state index contributed by atoms with van der Waals surface area (Å²) in [7, 11) is -2.70. The Bertz CT molecular complexity index is 293. The minimum Gasteiger partial charge on any atom is -0.229 e. The second-order valence-corrected chi connectivity index (χ2v) is 7.94. The molecule has 0 spiro atoms. The predicted octanol–water partition coefficient (Wildman–Crippen LogP) is 2.37. The molecular formula is C10H17BrO2S. The van der Waals surface area contributed by atoms with Crippen molar-refractivity contribution in [2.75, 3.05) is 11.5 Å². The van der Waals surface area contributed by atoms with Crippen molar-refractivity contribution in [1.82, 2.24) is 0 Å². The van der Waals surface area contributed by atoms with Gasteiger partial charge in [-0.2, -0.15) is 0 Å². The van der Waals surface area contributed by atoms with E-state index in [0.29, 0.717) is 22.3 Å². The largest absolute Gasteiger partial charge is 0.229 e. The highest BCUT2D eigenvalue weighted by Gasteiger charge is 2.36. The van der Waals surface area contributed by atoms with Gasteiger partial charge in [0.15, 0.2) is 9.84 Å². The van der Waals surface area contributed by atoms with Crippen molar-refractivity contribution in [2.45, 2.75) is 36.9 Å². The number of rotatable bonds is 2. The van der Waals surface area contributed by atoms with Crippen LogP contribution in [-0.2, 0) is 9.84 Å². The Morgan fingerprint density at radius 1 is 1.07 bits per heavy atom. The molecule has 0 aromatic carbocycles. The molecule has 1 aliphatic carbocycles. The average Bonchev–Trinajstić information content (AvgIpc) is 2.72.